The summed E-state index contributed by atoms with van der Waals surface area (Å²) in [6, 6.07) is 5.70. The van der Waals surface area contributed by atoms with Crippen LogP contribution in [0.15, 0.2) is 30.4 Å². The van der Waals surface area contributed by atoms with E-state index in [1.54, 1.807) is 6.07 Å². The number of ether oxygens (including phenoxy) is 2. The smallest absolute Gasteiger partial charge is 0.328 e. The number of nitrogens with one attached hydrogen (secondary N) is 1. The van der Waals surface area contributed by atoms with Crippen LogP contribution in [-0.4, -0.2) is 71.8 Å². The molecule has 4 aliphatic rings. The Morgan fingerprint density at radius 3 is 2.17 bits per heavy atom. The average molecular weight is 404 g/mol. The number of carboxylic acids is 2. The molecule has 0 aliphatic carbocycles. The highest BCUT2D eigenvalue weighted by Gasteiger charge is 2.35. The van der Waals surface area contributed by atoms with Gasteiger partial charge in [-0.2, -0.15) is 0 Å². The Balaban J connectivity index is 0.000000258. The average Bonchev–Trinajstić information content (AvgIpc) is 2.73. The molecule has 0 radical (unpaired) electrons. The van der Waals surface area contributed by atoms with Crippen LogP contribution in [0.2, 0.25) is 0 Å². The Morgan fingerprint density at radius 2 is 1.62 bits per heavy atom. The number of carbonyl (C=O) groups excluding carboxylic acids is 1. The summed E-state index contributed by atoms with van der Waals surface area (Å²) in [7, 11) is 0. The van der Waals surface area contributed by atoms with Crippen molar-refractivity contribution in [2.24, 2.45) is 5.92 Å². The van der Waals surface area contributed by atoms with E-state index in [9.17, 15) is 14.4 Å². The molecule has 5 rings (SSSR count). The predicted octanol–water partition coefficient (Wildman–Crippen LogP) is 0.994. The van der Waals surface area contributed by atoms with Gasteiger partial charge in [0.05, 0.1) is 0 Å². The van der Waals surface area contributed by atoms with Crippen LogP contribution in [0.4, 0.5) is 0 Å². The summed E-state index contributed by atoms with van der Waals surface area (Å²) < 4.78 is 11.0. The lowest BCUT2D eigenvalue weighted by molar-refractivity contribution is -0.134. The summed E-state index contributed by atoms with van der Waals surface area (Å²) in [5, 5.41) is 18.8. The molecule has 1 aromatic carbocycles. The largest absolute Gasteiger partial charge is 0.486 e. The Morgan fingerprint density at radius 1 is 1.00 bits per heavy atom. The lowest BCUT2D eigenvalue weighted by atomic mass is 9.84. The molecule has 156 valence electrons. The SMILES string of the molecule is O=C(NC1CN2CCC1CC2)c1ccc2c(c1)OCCO2.O=C(O)/C=C/C(=O)O. The molecule has 0 aromatic heterocycles. The molecule has 3 fully saturated rings. The molecule has 29 heavy (non-hydrogen) atoms. The molecule has 9 heteroatoms. The van der Waals surface area contributed by atoms with E-state index >= 15 is 0 Å². The number of aliphatic carboxylic acids is 2. The normalized spacial score (nSPS) is 24.3. The summed E-state index contributed by atoms with van der Waals surface area (Å²) in [4.78, 5) is 34.0. The van der Waals surface area contributed by atoms with Gasteiger partial charge in [0, 0.05) is 30.3 Å². The second-order valence-corrected chi connectivity index (χ2v) is 7.09. The topological polar surface area (TPSA) is 125 Å². The van der Waals surface area contributed by atoms with Gasteiger partial charge in [0.15, 0.2) is 11.5 Å². The molecule has 4 aliphatic heterocycles. The molecule has 9 nitrogen and oxygen atoms in total. The summed E-state index contributed by atoms with van der Waals surface area (Å²) in [5.74, 6) is -0.495. The van der Waals surface area contributed by atoms with Crippen molar-refractivity contribution in [3.8, 4) is 11.5 Å². The van der Waals surface area contributed by atoms with Crippen LogP contribution < -0.4 is 14.8 Å². The third-order valence-electron chi connectivity index (χ3n) is 5.15. The number of rotatable bonds is 4. The van der Waals surface area contributed by atoms with Gasteiger partial charge in [0.25, 0.3) is 5.91 Å². The van der Waals surface area contributed by atoms with Crippen molar-refractivity contribution in [2.75, 3.05) is 32.8 Å². The number of carbonyl (C=O) groups is 3. The maximum absolute atomic E-state index is 12.4. The van der Waals surface area contributed by atoms with Crippen LogP contribution in [0, 0.1) is 5.92 Å². The maximum Gasteiger partial charge on any atom is 0.328 e. The fourth-order valence-electron chi connectivity index (χ4n) is 3.71. The number of nitrogens with zero attached hydrogens (tertiary/aromatic N) is 1. The van der Waals surface area contributed by atoms with Gasteiger partial charge in [-0.25, -0.2) is 9.59 Å². The molecule has 3 N–H and O–H groups in total. The maximum atomic E-state index is 12.4. The lowest BCUT2D eigenvalue weighted by Crippen LogP contribution is -2.57. The van der Waals surface area contributed by atoms with Crippen molar-refractivity contribution < 1.29 is 34.1 Å². The first-order valence-electron chi connectivity index (χ1n) is 9.49. The summed E-state index contributed by atoms with van der Waals surface area (Å²) in [5.41, 5.74) is 0.649. The highest BCUT2D eigenvalue weighted by molar-refractivity contribution is 5.95. The van der Waals surface area contributed by atoms with Gasteiger partial charge < -0.3 is 29.9 Å². The van der Waals surface area contributed by atoms with Crippen molar-refractivity contribution in [3.05, 3.63) is 35.9 Å². The first kappa shape index (κ1) is 20.7. The standard InChI is InChI=1S/C16H20N2O3.C4H4O4/c19-16(17-13-10-18-5-3-11(13)4-6-18)12-1-2-14-15(9-12)21-8-7-20-14;5-3(6)1-2-4(7)8/h1-2,9,11,13H,3-8,10H2,(H,17,19);1-2H,(H,5,6)(H,7,8)/b;2-1+. The Bertz CT molecular complexity index is 784. The second kappa shape index (κ2) is 9.42. The first-order chi connectivity index (χ1) is 13.9. The van der Waals surface area contributed by atoms with E-state index in [2.05, 4.69) is 10.2 Å². The predicted molar refractivity (Wildman–Crippen MR) is 102 cm³/mol. The van der Waals surface area contributed by atoms with Crippen LogP contribution in [-0.2, 0) is 9.59 Å². The lowest BCUT2D eigenvalue weighted by Gasteiger charge is -2.44. The van der Waals surface area contributed by atoms with Crippen LogP contribution in [0.25, 0.3) is 0 Å². The molecular formula is C20H24N2O7. The summed E-state index contributed by atoms with van der Waals surface area (Å²) in [6.07, 6.45) is 3.52. The van der Waals surface area contributed by atoms with Crippen LogP contribution >= 0.6 is 0 Å². The van der Waals surface area contributed by atoms with Crippen molar-refractivity contribution in [2.45, 2.75) is 18.9 Å². The molecule has 0 spiro atoms. The van der Waals surface area contributed by atoms with E-state index in [4.69, 9.17) is 19.7 Å². The monoisotopic (exact) mass is 404 g/mol. The van der Waals surface area contributed by atoms with Crippen molar-refractivity contribution in [1.29, 1.82) is 0 Å². The zero-order valence-corrected chi connectivity index (χ0v) is 15.9. The quantitative estimate of drug-likeness (QED) is 0.635. The Labute approximate surface area is 167 Å². The minimum atomic E-state index is -1.26. The van der Waals surface area contributed by atoms with Gasteiger partial charge in [-0.1, -0.05) is 0 Å². The summed E-state index contributed by atoms with van der Waals surface area (Å²) in [6.45, 7) is 4.46. The van der Waals surface area contributed by atoms with Crippen LogP contribution in [0.5, 0.6) is 11.5 Å². The van der Waals surface area contributed by atoms with Gasteiger partial charge in [0.1, 0.15) is 13.2 Å². The highest BCUT2D eigenvalue weighted by atomic mass is 16.6. The number of piperidine rings is 3. The van der Waals surface area contributed by atoms with E-state index in [1.807, 2.05) is 12.1 Å². The number of hydrogen-bond acceptors (Lipinski definition) is 6. The fraction of sp³-hybridized carbons (Fsp3) is 0.450. The van der Waals surface area contributed by atoms with Crippen molar-refractivity contribution in [3.63, 3.8) is 0 Å². The Hall–Kier alpha value is -3.07. The molecule has 2 bridgehead atoms. The van der Waals surface area contributed by atoms with Gasteiger partial charge in [-0.15, -0.1) is 0 Å². The molecule has 0 saturated carbocycles. The van der Waals surface area contributed by atoms with E-state index in [1.165, 1.54) is 25.9 Å². The summed E-state index contributed by atoms with van der Waals surface area (Å²) >= 11 is 0. The minimum Gasteiger partial charge on any atom is -0.486 e. The van der Waals surface area contributed by atoms with Crippen molar-refractivity contribution >= 4 is 17.8 Å². The van der Waals surface area contributed by atoms with Gasteiger partial charge in [-0.3, -0.25) is 4.79 Å². The van der Waals surface area contributed by atoms with E-state index in [0.29, 0.717) is 42.6 Å². The zero-order valence-electron chi connectivity index (χ0n) is 15.9. The number of hydrogen-bond donors (Lipinski definition) is 3. The highest BCUT2D eigenvalue weighted by Crippen LogP contribution is 2.31. The molecule has 1 amide bonds. The fourth-order valence-corrected chi connectivity index (χ4v) is 3.71. The number of carboxylic acid groups (broad SMARTS) is 2. The third kappa shape index (κ3) is 5.71. The Kier molecular flexibility index (Phi) is 6.71. The van der Waals surface area contributed by atoms with Gasteiger partial charge >= 0.3 is 11.9 Å². The molecular weight excluding hydrogens is 380 g/mol. The third-order valence-corrected chi connectivity index (χ3v) is 5.15. The van der Waals surface area contributed by atoms with Crippen LogP contribution in [0.1, 0.15) is 23.2 Å². The number of fused-ring (bicyclic) bond motifs is 4. The van der Waals surface area contributed by atoms with E-state index in [0.717, 1.165) is 12.3 Å². The number of benzene rings is 1. The minimum absolute atomic E-state index is 0.00859. The van der Waals surface area contributed by atoms with Gasteiger partial charge in [-0.05, 0) is 50.0 Å². The molecule has 4 heterocycles. The second-order valence-electron chi connectivity index (χ2n) is 7.09. The molecule has 1 unspecified atom stereocenters. The zero-order chi connectivity index (χ0) is 20.8. The molecule has 1 aromatic rings. The first-order valence-corrected chi connectivity index (χ1v) is 9.49. The van der Waals surface area contributed by atoms with E-state index in [-0.39, 0.29) is 11.9 Å². The number of amides is 1. The van der Waals surface area contributed by atoms with E-state index < -0.39 is 11.9 Å². The molecule has 3 saturated heterocycles. The molecule has 1 atom stereocenters. The van der Waals surface area contributed by atoms with Crippen LogP contribution in [0.3, 0.4) is 0 Å². The van der Waals surface area contributed by atoms with Crippen molar-refractivity contribution in [1.82, 2.24) is 10.2 Å². The van der Waals surface area contributed by atoms with Gasteiger partial charge in [0.2, 0.25) is 0 Å².